The Morgan fingerprint density at radius 2 is 2.33 bits per heavy atom. The van der Waals surface area contributed by atoms with Crippen molar-refractivity contribution < 1.29 is 9.53 Å². The number of carbonyl (C=O) groups is 1. The number of ether oxygens (including phenoxy) is 1. The van der Waals surface area contributed by atoms with Gasteiger partial charge in [-0.3, -0.25) is 0 Å². The zero-order chi connectivity index (χ0) is 7.07. The van der Waals surface area contributed by atoms with E-state index in [0.717, 1.165) is 0 Å². The van der Waals surface area contributed by atoms with Crippen LogP contribution in [-0.2, 0) is 9.53 Å². The van der Waals surface area contributed by atoms with E-state index < -0.39 is 10.3 Å². The summed E-state index contributed by atoms with van der Waals surface area (Å²) in [5.41, 5.74) is 0. The van der Waals surface area contributed by atoms with Gasteiger partial charge < -0.3 is 4.74 Å². The third-order valence-corrected chi connectivity index (χ3v) is 1.77. The highest BCUT2D eigenvalue weighted by atomic mass is 35.5. The normalized spacial score (nSPS) is 32.3. The van der Waals surface area contributed by atoms with E-state index in [9.17, 15) is 4.79 Å². The molecule has 0 radical (unpaired) electrons. The Hall–Kier alpha value is 0.0500. The lowest BCUT2D eigenvalue weighted by Crippen LogP contribution is -2.18. The first-order valence-corrected chi connectivity index (χ1v) is 3.37. The number of alkyl halides is 2. The van der Waals surface area contributed by atoms with Crippen LogP contribution >= 0.6 is 23.2 Å². The molecule has 0 aliphatic carbocycles. The second-order valence-corrected chi connectivity index (χ2v) is 3.61. The molecule has 0 spiro atoms. The van der Waals surface area contributed by atoms with Gasteiger partial charge in [0.05, 0.1) is 0 Å². The van der Waals surface area contributed by atoms with E-state index in [1.807, 2.05) is 0 Å². The molecule has 9 heavy (non-hydrogen) atoms. The fourth-order valence-corrected chi connectivity index (χ4v) is 1.28. The Morgan fingerprint density at radius 3 is 2.44 bits per heavy atom. The number of carbonyl (C=O) groups excluding carboxylic acids is 1. The molecule has 1 aliphatic rings. The topological polar surface area (TPSA) is 26.3 Å². The summed E-state index contributed by atoms with van der Waals surface area (Å²) >= 11 is 11.0. The number of cyclic esters (lactones) is 1. The van der Waals surface area contributed by atoms with Gasteiger partial charge in [0, 0.05) is 6.42 Å². The second kappa shape index (κ2) is 2.03. The van der Waals surface area contributed by atoms with Crippen molar-refractivity contribution in [3.63, 3.8) is 0 Å². The molecule has 0 aromatic rings. The van der Waals surface area contributed by atoms with Gasteiger partial charge in [0.1, 0.15) is 6.10 Å². The number of hydrogen-bond donors (Lipinski definition) is 0. The van der Waals surface area contributed by atoms with Gasteiger partial charge >= 0.3 is 5.97 Å². The van der Waals surface area contributed by atoms with E-state index in [2.05, 4.69) is 4.74 Å². The van der Waals surface area contributed by atoms with E-state index in [4.69, 9.17) is 23.2 Å². The molecule has 1 rings (SSSR count). The maximum atomic E-state index is 10.6. The predicted octanol–water partition coefficient (Wildman–Crippen LogP) is 1.50. The highest BCUT2D eigenvalue weighted by molar-refractivity contribution is 6.57. The Labute approximate surface area is 63.1 Å². The molecule has 0 bridgehead atoms. The Balaban J connectivity index is 2.70. The van der Waals surface area contributed by atoms with Gasteiger partial charge in [-0.2, -0.15) is 0 Å². The second-order valence-electron chi connectivity index (χ2n) is 2.12. The van der Waals surface area contributed by atoms with Gasteiger partial charge in [-0.1, -0.05) is 23.2 Å². The highest BCUT2D eigenvalue weighted by Crippen LogP contribution is 2.35. The molecule has 0 aromatic heterocycles. The molecule has 52 valence electrons. The first-order chi connectivity index (χ1) is 4.02. The summed E-state index contributed by atoms with van der Waals surface area (Å²) in [4.78, 5) is 10.6. The minimum absolute atomic E-state index is 0.146. The van der Waals surface area contributed by atoms with Crippen molar-refractivity contribution >= 4 is 29.2 Å². The lowest BCUT2D eigenvalue weighted by atomic mass is 10.2. The van der Waals surface area contributed by atoms with Crippen molar-refractivity contribution in [2.45, 2.75) is 23.8 Å². The van der Waals surface area contributed by atoms with Gasteiger partial charge in [0.15, 0.2) is 0 Å². The summed E-state index contributed by atoms with van der Waals surface area (Å²) in [5, 5.41) is 0. The fraction of sp³-hybridized carbons (Fsp3) is 0.800. The van der Waals surface area contributed by atoms with Crippen molar-refractivity contribution in [3.8, 4) is 0 Å². The average Bonchev–Trinajstić information content (AvgIpc) is 1.79. The SMILES string of the molecule is CC1CC(Cl)(Cl)C(=O)O1. The summed E-state index contributed by atoms with van der Waals surface area (Å²) in [6, 6.07) is 0. The van der Waals surface area contributed by atoms with E-state index in [1.54, 1.807) is 6.92 Å². The van der Waals surface area contributed by atoms with Crippen LogP contribution in [0.2, 0.25) is 0 Å². The summed E-state index contributed by atoms with van der Waals surface area (Å²) in [7, 11) is 0. The summed E-state index contributed by atoms with van der Waals surface area (Å²) in [5.74, 6) is -0.529. The number of esters is 1. The largest absolute Gasteiger partial charge is 0.460 e. The van der Waals surface area contributed by atoms with Gasteiger partial charge in [-0.05, 0) is 6.92 Å². The third kappa shape index (κ3) is 1.30. The van der Waals surface area contributed by atoms with Crippen molar-refractivity contribution in [1.82, 2.24) is 0 Å². The summed E-state index contributed by atoms with van der Waals surface area (Å²) in [6.07, 6.45) is 0.238. The van der Waals surface area contributed by atoms with Crippen LogP contribution in [-0.4, -0.2) is 16.4 Å². The van der Waals surface area contributed by atoms with Crippen LogP contribution in [0.4, 0.5) is 0 Å². The fourth-order valence-electron chi connectivity index (χ4n) is 0.755. The van der Waals surface area contributed by atoms with Gasteiger partial charge in [0.2, 0.25) is 4.33 Å². The van der Waals surface area contributed by atoms with Crippen molar-refractivity contribution in [3.05, 3.63) is 0 Å². The van der Waals surface area contributed by atoms with Crippen molar-refractivity contribution in [2.24, 2.45) is 0 Å². The molecule has 1 unspecified atom stereocenters. The molecule has 0 aromatic carbocycles. The monoisotopic (exact) mass is 168 g/mol. The highest BCUT2D eigenvalue weighted by Gasteiger charge is 2.44. The molecule has 0 saturated carbocycles. The number of rotatable bonds is 0. The standard InChI is InChI=1S/C5H6Cl2O2/c1-3-2-5(6,7)4(8)9-3/h3H,2H2,1H3. The van der Waals surface area contributed by atoms with Crippen LogP contribution in [0, 0.1) is 0 Å². The molecule has 4 heteroatoms. The van der Waals surface area contributed by atoms with Crippen LogP contribution in [0.15, 0.2) is 0 Å². The Bertz CT molecular complexity index is 144. The van der Waals surface area contributed by atoms with E-state index in [-0.39, 0.29) is 6.10 Å². The van der Waals surface area contributed by atoms with Crippen LogP contribution < -0.4 is 0 Å². The maximum absolute atomic E-state index is 10.6. The first-order valence-electron chi connectivity index (χ1n) is 2.61. The molecule has 1 aliphatic heterocycles. The zero-order valence-electron chi connectivity index (χ0n) is 4.86. The molecule has 0 amide bonds. The zero-order valence-corrected chi connectivity index (χ0v) is 6.37. The lowest BCUT2D eigenvalue weighted by molar-refractivity contribution is -0.141. The average molecular weight is 169 g/mol. The number of halogens is 2. The van der Waals surface area contributed by atoms with Crippen molar-refractivity contribution in [1.29, 1.82) is 0 Å². The molecule has 1 atom stereocenters. The quantitative estimate of drug-likeness (QED) is 0.405. The Kier molecular flexibility index (Phi) is 1.61. The smallest absolute Gasteiger partial charge is 0.343 e. The predicted molar refractivity (Wildman–Crippen MR) is 34.6 cm³/mol. The van der Waals surface area contributed by atoms with Gasteiger partial charge in [-0.25, -0.2) is 4.79 Å². The molecule has 2 nitrogen and oxygen atoms in total. The third-order valence-electron chi connectivity index (χ3n) is 1.15. The summed E-state index contributed by atoms with van der Waals surface area (Å²) < 4.78 is 3.38. The van der Waals surface area contributed by atoms with Crippen LogP contribution in [0.25, 0.3) is 0 Å². The van der Waals surface area contributed by atoms with Gasteiger partial charge in [0.25, 0.3) is 0 Å². The maximum Gasteiger partial charge on any atom is 0.343 e. The van der Waals surface area contributed by atoms with Crippen LogP contribution in [0.3, 0.4) is 0 Å². The Morgan fingerprint density at radius 1 is 1.78 bits per heavy atom. The van der Waals surface area contributed by atoms with E-state index in [1.165, 1.54) is 0 Å². The molecule has 1 fully saturated rings. The van der Waals surface area contributed by atoms with E-state index in [0.29, 0.717) is 6.42 Å². The summed E-state index contributed by atoms with van der Waals surface area (Å²) in [6.45, 7) is 1.75. The van der Waals surface area contributed by atoms with E-state index >= 15 is 0 Å². The molecular formula is C5H6Cl2O2. The van der Waals surface area contributed by atoms with Crippen molar-refractivity contribution in [2.75, 3.05) is 0 Å². The minimum Gasteiger partial charge on any atom is -0.460 e. The lowest BCUT2D eigenvalue weighted by Gasteiger charge is -2.01. The molecule has 1 heterocycles. The van der Waals surface area contributed by atoms with Gasteiger partial charge in [-0.15, -0.1) is 0 Å². The number of hydrogen-bond acceptors (Lipinski definition) is 2. The molecule has 0 N–H and O–H groups in total. The first kappa shape index (κ1) is 7.16. The minimum atomic E-state index is -1.29. The van der Waals surface area contributed by atoms with Crippen LogP contribution in [0.1, 0.15) is 13.3 Å². The molecular weight excluding hydrogens is 163 g/mol. The molecule has 1 saturated heterocycles. The van der Waals surface area contributed by atoms with Crippen LogP contribution in [0.5, 0.6) is 0 Å².